The fraction of sp³-hybridized carbons (Fsp3) is 0. The first-order valence-electron chi connectivity index (χ1n) is 7.04. The van der Waals surface area contributed by atoms with E-state index in [1.54, 1.807) is 48.5 Å². The van der Waals surface area contributed by atoms with Gasteiger partial charge in [0.1, 0.15) is 5.82 Å². The van der Waals surface area contributed by atoms with E-state index in [1.807, 2.05) is 0 Å². The van der Waals surface area contributed by atoms with E-state index in [4.69, 9.17) is 11.6 Å². The summed E-state index contributed by atoms with van der Waals surface area (Å²) in [5.41, 5.74) is 0.883. The van der Waals surface area contributed by atoms with Crippen molar-refractivity contribution in [3.05, 3.63) is 77.2 Å². The van der Waals surface area contributed by atoms with Crippen LogP contribution in [0, 0.1) is 5.82 Å². The molecule has 0 unspecified atom stereocenters. The molecule has 5 nitrogen and oxygen atoms in total. The Morgan fingerprint density at radius 1 is 0.917 bits per heavy atom. The van der Waals surface area contributed by atoms with Gasteiger partial charge in [0, 0.05) is 0 Å². The number of rotatable bonds is 4. The van der Waals surface area contributed by atoms with Gasteiger partial charge < -0.3 is 10.6 Å². The predicted octanol–water partition coefficient (Wildman–Crippen LogP) is 4.27. The van der Waals surface area contributed by atoms with Gasteiger partial charge in [0.05, 0.1) is 16.4 Å². The number of aromatic nitrogens is 2. The maximum Gasteiger partial charge on any atom is 0.276 e. The lowest BCUT2D eigenvalue weighted by Crippen LogP contribution is -2.14. The topological polar surface area (TPSA) is 66.9 Å². The number of halogens is 2. The minimum absolute atomic E-state index is 0.119. The van der Waals surface area contributed by atoms with Crippen molar-refractivity contribution in [2.75, 3.05) is 10.6 Å². The Bertz CT molecular complexity index is 870. The van der Waals surface area contributed by atoms with Crippen LogP contribution >= 0.6 is 11.6 Å². The molecule has 0 aliphatic carbocycles. The van der Waals surface area contributed by atoms with Gasteiger partial charge in [-0.2, -0.15) is 0 Å². The lowest BCUT2D eigenvalue weighted by molar-refractivity contribution is 0.102. The van der Waals surface area contributed by atoms with E-state index in [0.717, 1.165) is 0 Å². The summed E-state index contributed by atoms with van der Waals surface area (Å²) < 4.78 is 13.6. The van der Waals surface area contributed by atoms with Gasteiger partial charge in [-0.15, -0.1) is 10.2 Å². The minimum Gasteiger partial charge on any atom is -0.336 e. The summed E-state index contributed by atoms with van der Waals surface area (Å²) in [4.78, 5) is 12.1. The molecule has 0 bridgehead atoms. The van der Waals surface area contributed by atoms with Gasteiger partial charge in [0.15, 0.2) is 11.5 Å². The third-order valence-corrected chi connectivity index (χ3v) is 3.49. The zero-order chi connectivity index (χ0) is 16.9. The molecule has 0 aliphatic rings. The van der Waals surface area contributed by atoms with Crippen molar-refractivity contribution in [1.29, 1.82) is 0 Å². The molecule has 3 rings (SSSR count). The van der Waals surface area contributed by atoms with Crippen LogP contribution in [0.2, 0.25) is 5.02 Å². The number of hydrogen-bond acceptors (Lipinski definition) is 4. The monoisotopic (exact) mass is 342 g/mol. The van der Waals surface area contributed by atoms with Gasteiger partial charge in [-0.25, -0.2) is 4.39 Å². The summed E-state index contributed by atoms with van der Waals surface area (Å²) in [6.45, 7) is 0. The number of nitrogens with one attached hydrogen (secondary N) is 2. The van der Waals surface area contributed by atoms with Crippen molar-refractivity contribution in [1.82, 2.24) is 10.2 Å². The summed E-state index contributed by atoms with van der Waals surface area (Å²) in [7, 11) is 0. The van der Waals surface area contributed by atoms with Crippen LogP contribution in [-0.2, 0) is 0 Å². The second kappa shape index (κ2) is 7.06. The van der Waals surface area contributed by atoms with Crippen LogP contribution < -0.4 is 10.6 Å². The number of hydrogen-bond donors (Lipinski definition) is 2. The number of amides is 1. The Balaban J connectivity index is 1.71. The number of carbonyl (C=O) groups excluding carboxylic acids is 1. The summed E-state index contributed by atoms with van der Waals surface area (Å²) in [5.74, 6) is -0.512. The van der Waals surface area contributed by atoms with Crippen molar-refractivity contribution in [2.24, 2.45) is 0 Å². The highest BCUT2D eigenvalue weighted by atomic mass is 35.5. The van der Waals surface area contributed by atoms with Gasteiger partial charge in [-0.05, 0) is 36.4 Å². The second-order valence-electron chi connectivity index (χ2n) is 4.84. The van der Waals surface area contributed by atoms with E-state index in [1.165, 1.54) is 12.1 Å². The zero-order valence-corrected chi connectivity index (χ0v) is 13.1. The average molecular weight is 343 g/mol. The van der Waals surface area contributed by atoms with Crippen LogP contribution in [0.15, 0.2) is 60.7 Å². The molecule has 3 aromatic rings. The zero-order valence-electron chi connectivity index (χ0n) is 12.3. The molecule has 1 amide bonds. The van der Waals surface area contributed by atoms with E-state index in [2.05, 4.69) is 20.8 Å². The Hall–Kier alpha value is -2.99. The van der Waals surface area contributed by atoms with Crippen molar-refractivity contribution in [2.45, 2.75) is 0 Å². The third kappa shape index (κ3) is 3.67. The van der Waals surface area contributed by atoms with E-state index < -0.39 is 11.7 Å². The smallest absolute Gasteiger partial charge is 0.276 e. The normalized spacial score (nSPS) is 10.2. The van der Waals surface area contributed by atoms with Crippen LogP contribution in [0.4, 0.5) is 21.6 Å². The van der Waals surface area contributed by atoms with E-state index >= 15 is 0 Å². The van der Waals surface area contributed by atoms with Crippen LogP contribution in [0.1, 0.15) is 10.5 Å². The molecule has 0 fully saturated rings. The lowest BCUT2D eigenvalue weighted by Gasteiger charge is -2.08. The molecule has 0 radical (unpaired) electrons. The molecule has 0 saturated carbocycles. The maximum absolute atomic E-state index is 13.6. The number of carbonyl (C=O) groups is 1. The molecule has 0 atom stereocenters. The van der Waals surface area contributed by atoms with Gasteiger partial charge in [-0.3, -0.25) is 4.79 Å². The maximum atomic E-state index is 13.6. The Morgan fingerprint density at radius 2 is 1.62 bits per heavy atom. The highest BCUT2D eigenvalue weighted by Crippen LogP contribution is 2.21. The fourth-order valence-electron chi connectivity index (χ4n) is 1.97. The molecule has 1 aromatic heterocycles. The van der Waals surface area contributed by atoms with Crippen molar-refractivity contribution >= 4 is 34.7 Å². The molecule has 7 heteroatoms. The molecule has 24 heavy (non-hydrogen) atoms. The first kappa shape index (κ1) is 15.9. The van der Waals surface area contributed by atoms with Gasteiger partial charge in [-0.1, -0.05) is 35.9 Å². The third-order valence-electron chi connectivity index (χ3n) is 3.16. The molecule has 0 spiro atoms. The van der Waals surface area contributed by atoms with Crippen LogP contribution in [0.3, 0.4) is 0 Å². The molecule has 2 aromatic carbocycles. The summed E-state index contributed by atoms with van der Waals surface area (Å²) >= 11 is 5.99. The van der Waals surface area contributed by atoms with Gasteiger partial charge >= 0.3 is 0 Å². The Morgan fingerprint density at radius 3 is 2.29 bits per heavy atom. The highest BCUT2D eigenvalue weighted by Gasteiger charge is 2.11. The van der Waals surface area contributed by atoms with Crippen molar-refractivity contribution in [3.63, 3.8) is 0 Å². The van der Waals surface area contributed by atoms with Crippen LogP contribution in [0.5, 0.6) is 0 Å². The van der Waals surface area contributed by atoms with Crippen LogP contribution in [-0.4, -0.2) is 16.1 Å². The minimum atomic E-state index is -0.437. The molecule has 1 heterocycles. The molecular weight excluding hydrogens is 331 g/mol. The molecule has 120 valence electrons. The largest absolute Gasteiger partial charge is 0.336 e. The van der Waals surface area contributed by atoms with Crippen molar-refractivity contribution in [3.8, 4) is 0 Å². The Labute approximate surface area is 142 Å². The van der Waals surface area contributed by atoms with E-state index in [-0.39, 0.29) is 11.4 Å². The Kier molecular flexibility index (Phi) is 4.67. The van der Waals surface area contributed by atoms with E-state index in [0.29, 0.717) is 16.5 Å². The molecule has 0 aliphatic heterocycles. The first-order chi connectivity index (χ1) is 11.6. The second-order valence-corrected chi connectivity index (χ2v) is 5.25. The SMILES string of the molecule is O=C(Nc1ccccc1Cl)c1ccc(Nc2ccccc2F)nn1. The van der Waals surface area contributed by atoms with Gasteiger partial charge in [0.2, 0.25) is 0 Å². The quantitative estimate of drug-likeness (QED) is 0.743. The van der Waals surface area contributed by atoms with Crippen LogP contribution in [0.25, 0.3) is 0 Å². The summed E-state index contributed by atoms with van der Waals surface area (Å²) in [6, 6.07) is 16.1. The van der Waals surface area contributed by atoms with E-state index in [9.17, 15) is 9.18 Å². The molecule has 2 N–H and O–H groups in total. The number of anilines is 3. The molecule has 0 saturated heterocycles. The number of para-hydroxylation sites is 2. The predicted molar refractivity (Wildman–Crippen MR) is 91.1 cm³/mol. The number of benzene rings is 2. The summed E-state index contributed by atoms with van der Waals surface area (Å²) in [5, 5.41) is 13.6. The van der Waals surface area contributed by atoms with Gasteiger partial charge in [0.25, 0.3) is 5.91 Å². The lowest BCUT2D eigenvalue weighted by atomic mass is 10.3. The average Bonchev–Trinajstić information content (AvgIpc) is 2.59. The standard InChI is InChI=1S/C17H12ClFN4O/c18-11-5-1-3-7-13(11)21-17(24)15-9-10-16(23-22-15)20-14-8-4-2-6-12(14)19/h1-10H,(H,20,23)(H,21,24). The number of nitrogens with zero attached hydrogens (tertiary/aromatic N) is 2. The first-order valence-corrected chi connectivity index (χ1v) is 7.42. The van der Waals surface area contributed by atoms with Crippen molar-refractivity contribution < 1.29 is 9.18 Å². The highest BCUT2D eigenvalue weighted by molar-refractivity contribution is 6.33. The molecular formula is C17H12ClFN4O. The summed E-state index contributed by atoms with van der Waals surface area (Å²) in [6.07, 6.45) is 0. The fourth-order valence-corrected chi connectivity index (χ4v) is 2.15.